The molecule has 7 heteroatoms. The van der Waals surface area contributed by atoms with Gasteiger partial charge in [0.25, 0.3) is 5.91 Å². The Morgan fingerprint density at radius 2 is 1.70 bits per heavy atom. The van der Waals surface area contributed by atoms with Crippen molar-refractivity contribution in [2.24, 2.45) is 0 Å². The highest BCUT2D eigenvalue weighted by Gasteiger charge is 2.30. The highest BCUT2D eigenvalue weighted by molar-refractivity contribution is 6.05. The van der Waals surface area contributed by atoms with E-state index >= 15 is 0 Å². The number of anilines is 1. The summed E-state index contributed by atoms with van der Waals surface area (Å²) in [6.45, 7) is 5.85. The zero-order valence-corrected chi connectivity index (χ0v) is 16.7. The fourth-order valence-electron chi connectivity index (χ4n) is 2.83. The topological polar surface area (TPSA) is 51.2 Å². The molecule has 156 valence electrons. The maximum Gasteiger partial charge on any atom is 0.416 e. The van der Waals surface area contributed by atoms with E-state index in [1.54, 1.807) is 37.3 Å². The van der Waals surface area contributed by atoms with E-state index < -0.39 is 11.7 Å². The van der Waals surface area contributed by atoms with Crippen LogP contribution < -0.4 is 10.1 Å². The Morgan fingerprint density at radius 3 is 2.30 bits per heavy atom. The molecule has 0 aliphatic rings. The van der Waals surface area contributed by atoms with Crippen LogP contribution in [-0.4, -0.2) is 10.9 Å². The van der Waals surface area contributed by atoms with E-state index in [1.165, 1.54) is 12.1 Å². The molecule has 0 aliphatic heterocycles. The summed E-state index contributed by atoms with van der Waals surface area (Å²) in [5.74, 6) is 0.607. The maximum atomic E-state index is 12.7. The maximum absolute atomic E-state index is 12.7. The number of amides is 1. The van der Waals surface area contributed by atoms with Gasteiger partial charge in [-0.05, 0) is 61.4 Å². The molecule has 30 heavy (non-hydrogen) atoms. The molecule has 1 heterocycles. The molecule has 2 aromatic carbocycles. The minimum absolute atomic E-state index is 0.260. The molecule has 3 rings (SSSR count). The third kappa shape index (κ3) is 5.17. The van der Waals surface area contributed by atoms with Crippen molar-refractivity contribution < 1.29 is 22.7 Å². The largest absolute Gasteiger partial charge is 0.457 e. The van der Waals surface area contributed by atoms with Gasteiger partial charge in [-0.15, -0.1) is 0 Å². The Labute approximate surface area is 172 Å². The van der Waals surface area contributed by atoms with Crippen LogP contribution in [0.15, 0.2) is 60.7 Å². The quantitative estimate of drug-likeness (QED) is 0.513. The second-order valence-electron chi connectivity index (χ2n) is 7.13. The lowest BCUT2D eigenvalue weighted by Gasteiger charge is -2.12. The third-order valence-electron chi connectivity index (χ3n) is 4.45. The Balaban J connectivity index is 1.72. The van der Waals surface area contributed by atoms with Gasteiger partial charge in [-0.3, -0.25) is 9.78 Å². The number of nitrogens with zero attached hydrogens (tertiary/aromatic N) is 1. The molecule has 0 saturated carbocycles. The highest BCUT2D eigenvalue weighted by atomic mass is 19.4. The number of halogens is 3. The van der Waals surface area contributed by atoms with E-state index in [9.17, 15) is 18.0 Å². The van der Waals surface area contributed by atoms with Gasteiger partial charge in [0.05, 0.1) is 16.8 Å². The van der Waals surface area contributed by atoms with Crippen LogP contribution >= 0.6 is 0 Å². The van der Waals surface area contributed by atoms with Gasteiger partial charge in [0.1, 0.15) is 11.5 Å². The lowest BCUT2D eigenvalue weighted by molar-refractivity contribution is -0.137. The Kier molecular flexibility index (Phi) is 6.10. The number of carbonyl (C=O) groups is 1. The number of pyridine rings is 1. The van der Waals surface area contributed by atoms with E-state index in [0.29, 0.717) is 22.7 Å². The number of ether oxygens (including phenoxy) is 1. The summed E-state index contributed by atoms with van der Waals surface area (Å²) in [4.78, 5) is 17.1. The number of hydrogen-bond donors (Lipinski definition) is 1. The monoisotopic (exact) mass is 414 g/mol. The summed E-state index contributed by atoms with van der Waals surface area (Å²) in [7, 11) is 0. The number of aromatic nitrogens is 1. The average molecular weight is 414 g/mol. The number of hydrogen-bond acceptors (Lipinski definition) is 3. The molecular weight excluding hydrogens is 393 g/mol. The molecule has 0 radical (unpaired) electrons. The van der Waals surface area contributed by atoms with Crippen molar-refractivity contribution in [3.05, 3.63) is 83.2 Å². The van der Waals surface area contributed by atoms with Gasteiger partial charge in [0.15, 0.2) is 0 Å². The molecule has 0 unspecified atom stereocenters. The summed E-state index contributed by atoms with van der Waals surface area (Å²) in [5.41, 5.74) is 1.76. The first-order valence-electron chi connectivity index (χ1n) is 9.37. The summed E-state index contributed by atoms with van der Waals surface area (Å²) in [5, 5.41) is 2.80. The van der Waals surface area contributed by atoms with Crippen LogP contribution in [0.1, 0.15) is 47.1 Å². The Bertz CT molecular complexity index is 1050. The molecule has 4 nitrogen and oxygen atoms in total. The molecule has 0 atom stereocenters. The first kappa shape index (κ1) is 21.4. The fraction of sp³-hybridized carbons (Fsp3) is 0.217. The van der Waals surface area contributed by atoms with Crippen LogP contribution in [0.5, 0.6) is 11.5 Å². The fourth-order valence-corrected chi connectivity index (χ4v) is 2.83. The van der Waals surface area contributed by atoms with Crippen molar-refractivity contribution in [3.8, 4) is 11.5 Å². The van der Waals surface area contributed by atoms with Crippen molar-refractivity contribution in [1.82, 2.24) is 4.98 Å². The summed E-state index contributed by atoms with van der Waals surface area (Å²) in [6.07, 6.45) is -4.40. The van der Waals surface area contributed by atoms with Gasteiger partial charge < -0.3 is 10.1 Å². The zero-order valence-electron chi connectivity index (χ0n) is 16.7. The minimum atomic E-state index is -4.40. The van der Waals surface area contributed by atoms with Gasteiger partial charge in [-0.1, -0.05) is 19.9 Å². The minimum Gasteiger partial charge on any atom is -0.457 e. The smallest absolute Gasteiger partial charge is 0.416 e. The van der Waals surface area contributed by atoms with E-state index in [-0.39, 0.29) is 17.6 Å². The summed E-state index contributed by atoms with van der Waals surface area (Å²) < 4.78 is 43.6. The third-order valence-corrected chi connectivity index (χ3v) is 4.45. The number of carbonyl (C=O) groups excluding carboxylic acids is 1. The van der Waals surface area contributed by atoms with Gasteiger partial charge >= 0.3 is 6.18 Å². The van der Waals surface area contributed by atoms with Crippen LogP contribution in [0.2, 0.25) is 0 Å². The van der Waals surface area contributed by atoms with Crippen LogP contribution in [0, 0.1) is 6.92 Å². The number of alkyl halides is 3. The lowest BCUT2D eigenvalue weighted by Crippen LogP contribution is -2.14. The highest BCUT2D eigenvalue weighted by Crippen LogP contribution is 2.31. The molecule has 0 aliphatic carbocycles. The number of rotatable bonds is 5. The SMILES string of the molecule is Cc1nc(C(C)C)ccc1C(=O)Nc1cccc(Oc2ccc(C(F)(F)F)cc2)c1. The van der Waals surface area contributed by atoms with Gasteiger partial charge in [-0.25, -0.2) is 0 Å². The lowest BCUT2D eigenvalue weighted by atomic mass is 10.1. The number of benzene rings is 2. The number of aryl methyl sites for hydroxylation is 1. The average Bonchev–Trinajstić information content (AvgIpc) is 2.67. The summed E-state index contributed by atoms with van der Waals surface area (Å²) in [6, 6.07) is 14.6. The predicted octanol–water partition coefficient (Wildman–Crippen LogP) is 6.58. The normalized spacial score (nSPS) is 11.4. The van der Waals surface area contributed by atoms with E-state index in [2.05, 4.69) is 10.3 Å². The Morgan fingerprint density at radius 1 is 1.00 bits per heavy atom. The second kappa shape index (κ2) is 8.57. The Hall–Kier alpha value is -3.35. The second-order valence-corrected chi connectivity index (χ2v) is 7.13. The first-order chi connectivity index (χ1) is 14.1. The molecule has 0 saturated heterocycles. The van der Waals surface area contributed by atoms with Crippen molar-refractivity contribution in [2.75, 3.05) is 5.32 Å². The van der Waals surface area contributed by atoms with Crippen molar-refractivity contribution >= 4 is 11.6 Å². The predicted molar refractivity (Wildman–Crippen MR) is 109 cm³/mol. The molecule has 3 aromatic rings. The summed E-state index contributed by atoms with van der Waals surface area (Å²) >= 11 is 0. The van der Waals surface area contributed by atoms with Crippen LogP contribution in [0.25, 0.3) is 0 Å². The van der Waals surface area contributed by atoms with Gasteiger partial charge in [-0.2, -0.15) is 13.2 Å². The van der Waals surface area contributed by atoms with Crippen LogP contribution in [-0.2, 0) is 6.18 Å². The first-order valence-corrected chi connectivity index (χ1v) is 9.37. The van der Waals surface area contributed by atoms with E-state index in [1.807, 2.05) is 19.9 Å². The molecular formula is C23H21F3N2O2. The van der Waals surface area contributed by atoms with Crippen molar-refractivity contribution in [2.45, 2.75) is 32.9 Å². The van der Waals surface area contributed by atoms with Crippen LogP contribution in [0.4, 0.5) is 18.9 Å². The number of nitrogens with one attached hydrogen (secondary N) is 1. The molecule has 0 fully saturated rings. The molecule has 1 N–H and O–H groups in total. The molecule has 0 spiro atoms. The molecule has 0 bridgehead atoms. The zero-order chi connectivity index (χ0) is 21.9. The van der Waals surface area contributed by atoms with Crippen molar-refractivity contribution in [3.63, 3.8) is 0 Å². The molecule has 1 aromatic heterocycles. The molecule has 1 amide bonds. The van der Waals surface area contributed by atoms with Gasteiger partial charge in [0, 0.05) is 17.4 Å². The van der Waals surface area contributed by atoms with Crippen LogP contribution in [0.3, 0.4) is 0 Å². The standard InChI is InChI=1S/C23H21F3N2O2/c1-14(2)21-12-11-20(15(3)27-21)22(29)28-17-5-4-6-19(13-17)30-18-9-7-16(8-10-18)23(24,25)26/h4-14H,1-3H3,(H,28,29). The van der Waals surface area contributed by atoms with E-state index in [4.69, 9.17) is 4.74 Å². The van der Waals surface area contributed by atoms with E-state index in [0.717, 1.165) is 17.8 Å². The van der Waals surface area contributed by atoms with Gasteiger partial charge in [0.2, 0.25) is 0 Å². The van der Waals surface area contributed by atoms with Crippen molar-refractivity contribution in [1.29, 1.82) is 0 Å².